The second-order valence-electron chi connectivity index (χ2n) is 10.7. The van der Waals surface area contributed by atoms with Gasteiger partial charge in [-0.25, -0.2) is 0 Å². The van der Waals surface area contributed by atoms with Gasteiger partial charge in [-0.3, -0.25) is 4.79 Å². The smallest absolute Gasteiger partial charge is 0.253 e. The van der Waals surface area contributed by atoms with Gasteiger partial charge in [0.15, 0.2) is 11.5 Å². The van der Waals surface area contributed by atoms with Crippen LogP contribution in [0, 0.1) is 5.92 Å². The first-order valence-corrected chi connectivity index (χ1v) is 13.1. The fourth-order valence-electron chi connectivity index (χ4n) is 6.13. The average molecular weight is 466 g/mol. The summed E-state index contributed by atoms with van der Waals surface area (Å²) in [6.07, 6.45) is 10.3. The van der Waals surface area contributed by atoms with Crippen LogP contribution >= 0.6 is 0 Å². The molecule has 1 aromatic heterocycles. The fourth-order valence-corrected chi connectivity index (χ4v) is 6.13. The van der Waals surface area contributed by atoms with Crippen LogP contribution in [-0.4, -0.2) is 48.2 Å². The van der Waals surface area contributed by atoms with E-state index in [0.29, 0.717) is 41.7 Å². The molecule has 1 saturated heterocycles. The Morgan fingerprint density at radius 2 is 1.94 bits per heavy atom. The molecule has 2 aromatic rings. The van der Waals surface area contributed by atoms with Crippen molar-refractivity contribution in [2.45, 2.75) is 76.4 Å². The number of hydrogen-bond acceptors (Lipinski definition) is 4. The van der Waals surface area contributed by atoms with Crippen molar-refractivity contribution in [1.82, 2.24) is 14.8 Å². The van der Waals surface area contributed by atoms with Gasteiger partial charge < -0.3 is 24.3 Å². The zero-order valence-corrected chi connectivity index (χ0v) is 20.9. The lowest BCUT2D eigenvalue weighted by Crippen LogP contribution is -2.61. The van der Waals surface area contributed by atoms with Gasteiger partial charge in [0, 0.05) is 42.6 Å². The van der Waals surface area contributed by atoms with Gasteiger partial charge in [-0.15, -0.1) is 0 Å². The van der Waals surface area contributed by atoms with Crippen molar-refractivity contribution in [3.8, 4) is 11.5 Å². The first-order valence-electron chi connectivity index (χ1n) is 13.1. The molecule has 3 aliphatic rings. The minimum Gasteiger partial charge on any atom is -0.493 e. The Hall–Kier alpha value is -2.47. The summed E-state index contributed by atoms with van der Waals surface area (Å²) in [7, 11) is 1.63. The van der Waals surface area contributed by atoms with Crippen LogP contribution in [0.15, 0.2) is 36.5 Å². The number of likely N-dealkylation sites (tertiary alicyclic amines) is 1. The van der Waals surface area contributed by atoms with E-state index in [-0.39, 0.29) is 11.4 Å². The van der Waals surface area contributed by atoms with Crippen LogP contribution in [0.5, 0.6) is 11.5 Å². The van der Waals surface area contributed by atoms with Crippen molar-refractivity contribution >= 4 is 5.91 Å². The second kappa shape index (κ2) is 9.65. The number of nitrogens with zero attached hydrogens (tertiary/aromatic N) is 2. The highest BCUT2D eigenvalue weighted by Crippen LogP contribution is 2.44. The molecule has 1 amide bonds. The molecule has 0 bridgehead atoms. The van der Waals surface area contributed by atoms with Gasteiger partial charge >= 0.3 is 0 Å². The summed E-state index contributed by atoms with van der Waals surface area (Å²) in [5, 5.41) is 4.07. The van der Waals surface area contributed by atoms with E-state index in [1.807, 2.05) is 23.1 Å². The predicted molar refractivity (Wildman–Crippen MR) is 134 cm³/mol. The highest BCUT2D eigenvalue weighted by atomic mass is 16.5. The van der Waals surface area contributed by atoms with E-state index in [4.69, 9.17) is 9.47 Å². The zero-order chi connectivity index (χ0) is 23.7. The molecule has 6 heteroatoms. The Morgan fingerprint density at radius 3 is 2.71 bits per heavy atom. The van der Waals surface area contributed by atoms with E-state index in [0.717, 1.165) is 32.4 Å². The van der Waals surface area contributed by atoms with Crippen molar-refractivity contribution < 1.29 is 14.3 Å². The lowest BCUT2D eigenvalue weighted by molar-refractivity contribution is 0.0512. The number of aromatic nitrogens is 1. The van der Waals surface area contributed by atoms with E-state index >= 15 is 0 Å². The SMILES string of the molecule is COc1cc(C(=O)N2CCC3(CC2)N[C@H]2CCCC[C@@H]2n2cccc23)ccc1OCCC(C)C. The molecule has 2 fully saturated rings. The van der Waals surface area contributed by atoms with Crippen molar-refractivity contribution in [3.05, 3.63) is 47.8 Å². The Morgan fingerprint density at radius 1 is 1.15 bits per heavy atom. The third-order valence-electron chi connectivity index (χ3n) is 8.09. The number of nitrogens with one attached hydrogen (secondary N) is 1. The number of amides is 1. The summed E-state index contributed by atoms with van der Waals surface area (Å²) in [5.41, 5.74) is 2.05. The molecule has 1 aromatic carbocycles. The maximum Gasteiger partial charge on any atom is 0.253 e. The first-order chi connectivity index (χ1) is 16.5. The second-order valence-corrected chi connectivity index (χ2v) is 10.7. The van der Waals surface area contributed by atoms with Crippen molar-refractivity contribution in [1.29, 1.82) is 0 Å². The number of carbonyl (C=O) groups is 1. The Labute approximate surface area is 203 Å². The molecule has 2 atom stereocenters. The van der Waals surface area contributed by atoms with Crippen LogP contribution in [-0.2, 0) is 5.54 Å². The minimum atomic E-state index is -0.0232. The molecule has 1 spiro atoms. The van der Waals surface area contributed by atoms with Crippen LogP contribution in [0.25, 0.3) is 0 Å². The molecule has 34 heavy (non-hydrogen) atoms. The summed E-state index contributed by atoms with van der Waals surface area (Å²) >= 11 is 0. The van der Waals surface area contributed by atoms with E-state index in [9.17, 15) is 4.79 Å². The largest absolute Gasteiger partial charge is 0.493 e. The Kier molecular flexibility index (Phi) is 6.61. The van der Waals surface area contributed by atoms with Crippen LogP contribution in [0.4, 0.5) is 0 Å². The van der Waals surface area contributed by atoms with Gasteiger partial charge in [-0.2, -0.15) is 0 Å². The summed E-state index contributed by atoms with van der Waals surface area (Å²) in [6, 6.07) is 11.2. The molecule has 5 rings (SSSR count). The van der Waals surface area contributed by atoms with Crippen molar-refractivity contribution in [2.75, 3.05) is 26.8 Å². The van der Waals surface area contributed by atoms with Crippen molar-refractivity contribution in [2.24, 2.45) is 5.92 Å². The summed E-state index contributed by atoms with van der Waals surface area (Å²) in [6.45, 7) is 6.51. The molecule has 3 heterocycles. The summed E-state index contributed by atoms with van der Waals surface area (Å²) in [5.74, 6) is 1.98. The number of methoxy groups -OCH3 is 1. The maximum absolute atomic E-state index is 13.4. The number of benzene rings is 1. The normalized spacial score (nSPS) is 23.5. The number of hydrogen-bond donors (Lipinski definition) is 1. The Bertz CT molecular complexity index is 1010. The third-order valence-corrected chi connectivity index (χ3v) is 8.09. The lowest BCUT2D eigenvalue weighted by Gasteiger charge is -2.52. The standard InChI is InChI=1S/C28H39N3O3/c1-20(2)12-18-34-24-11-10-21(19-25(24)33-3)27(32)30-16-13-28(14-17-30)26-9-6-15-31(26)23-8-5-4-7-22(23)29-28/h6,9-11,15,19-20,22-23,29H,4-5,7-8,12-14,16-18H2,1-3H3/t22-,23-/m0/s1. The highest BCUT2D eigenvalue weighted by molar-refractivity contribution is 5.95. The van der Waals surface area contributed by atoms with E-state index in [1.54, 1.807) is 7.11 Å². The number of ether oxygens (including phenoxy) is 2. The molecule has 1 N–H and O–H groups in total. The molecule has 1 saturated carbocycles. The molecule has 0 radical (unpaired) electrons. The minimum absolute atomic E-state index is 0.0232. The molecule has 6 nitrogen and oxygen atoms in total. The topological polar surface area (TPSA) is 55.7 Å². The molecule has 184 valence electrons. The number of rotatable bonds is 6. The van der Waals surface area contributed by atoms with Gasteiger partial charge in [0.05, 0.1) is 19.3 Å². The molecular weight excluding hydrogens is 426 g/mol. The zero-order valence-electron chi connectivity index (χ0n) is 20.9. The van der Waals surface area contributed by atoms with Crippen LogP contribution in [0.1, 0.15) is 80.9 Å². The fraction of sp³-hybridized carbons (Fsp3) is 0.607. The average Bonchev–Trinajstić information content (AvgIpc) is 3.36. The van der Waals surface area contributed by atoms with E-state index in [1.165, 1.54) is 31.4 Å². The quantitative estimate of drug-likeness (QED) is 0.642. The van der Waals surface area contributed by atoms with Gasteiger partial charge in [-0.05, 0) is 68.4 Å². The third kappa shape index (κ3) is 4.33. The van der Waals surface area contributed by atoms with Crippen LogP contribution in [0.2, 0.25) is 0 Å². The van der Waals surface area contributed by atoms with Gasteiger partial charge in [-0.1, -0.05) is 26.7 Å². The number of carbonyl (C=O) groups excluding carboxylic acids is 1. The van der Waals surface area contributed by atoms with E-state index < -0.39 is 0 Å². The lowest BCUT2D eigenvalue weighted by atomic mass is 9.77. The molecule has 1 aliphatic carbocycles. The monoisotopic (exact) mass is 465 g/mol. The van der Waals surface area contributed by atoms with Gasteiger partial charge in [0.1, 0.15) is 0 Å². The maximum atomic E-state index is 13.4. The summed E-state index contributed by atoms with van der Waals surface area (Å²) < 4.78 is 14.0. The molecular formula is C28H39N3O3. The highest BCUT2D eigenvalue weighted by Gasteiger charge is 2.46. The van der Waals surface area contributed by atoms with Gasteiger partial charge in [0.25, 0.3) is 5.91 Å². The summed E-state index contributed by atoms with van der Waals surface area (Å²) in [4.78, 5) is 15.4. The number of piperidine rings is 1. The van der Waals surface area contributed by atoms with Crippen LogP contribution in [0.3, 0.4) is 0 Å². The van der Waals surface area contributed by atoms with E-state index in [2.05, 4.69) is 42.1 Å². The first kappa shape index (κ1) is 23.3. The molecule has 0 unspecified atom stereocenters. The number of fused-ring (bicyclic) bond motifs is 4. The predicted octanol–water partition coefficient (Wildman–Crippen LogP) is 5.14. The molecule has 2 aliphatic heterocycles. The van der Waals surface area contributed by atoms with Crippen LogP contribution < -0.4 is 14.8 Å². The van der Waals surface area contributed by atoms with Gasteiger partial charge in [0.2, 0.25) is 0 Å². The van der Waals surface area contributed by atoms with Crippen molar-refractivity contribution in [3.63, 3.8) is 0 Å². The Balaban J connectivity index is 1.27.